The summed E-state index contributed by atoms with van der Waals surface area (Å²) in [6.45, 7) is 6.82. The molecule has 1 amide bonds. The summed E-state index contributed by atoms with van der Waals surface area (Å²) in [5, 5.41) is 3.03. The van der Waals surface area contributed by atoms with Crippen LogP contribution in [0.15, 0.2) is 22.7 Å². The first-order chi connectivity index (χ1) is 10.3. The van der Waals surface area contributed by atoms with Gasteiger partial charge in [0.15, 0.2) is 0 Å². The molecule has 0 spiro atoms. The van der Waals surface area contributed by atoms with Crippen molar-refractivity contribution in [1.29, 1.82) is 0 Å². The lowest BCUT2D eigenvalue weighted by atomic mass is 9.46. The number of carbonyl (C=O) groups excluding carboxylic acids is 1. The van der Waals surface area contributed by atoms with Gasteiger partial charge in [-0.05, 0) is 43.5 Å². The summed E-state index contributed by atoms with van der Waals surface area (Å²) in [6.07, 6.45) is 2.01. The maximum Gasteiger partial charge on any atom is 0.245 e. The molecule has 1 saturated carbocycles. The summed E-state index contributed by atoms with van der Waals surface area (Å²) in [6, 6.07) is 5.81. The van der Waals surface area contributed by atoms with Crippen molar-refractivity contribution in [2.24, 2.45) is 17.1 Å². The lowest BCUT2D eigenvalue weighted by Gasteiger charge is -2.65. The molecule has 1 aromatic carbocycles. The molecule has 0 aromatic heterocycles. The van der Waals surface area contributed by atoms with Gasteiger partial charge in [-0.3, -0.25) is 4.79 Å². The minimum Gasteiger partial charge on any atom is -0.377 e. The highest BCUT2D eigenvalue weighted by molar-refractivity contribution is 9.10. The summed E-state index contributed by atoms with van der Waals surface area (Å²) < 4.78 is 6.86. The van der Waals surface area contributed by atoms with E-state index in [1.54, 1.807) is 0 Å². The van der Waals surface area contributed by atoms with Crippen LogP contribution in [0.3, 0.4) is 0 Å². The third-order valence-corrected chi connectivity index (χ3v) is 5.99. The molecule has 1 aromatic rings. The largest absolute Gasteiger partial charge is 0.377 e. The number of carbonyl (C=O) groups is 1. The Bertz CT molecular complexity index is 617. The van der Waals surface area contributed by atoms with Gasteiger partial charge in [0, 0.05) is 28.1 Å². The normalized spacial score (nSPS) is 32.8. The van der Waals surface area contributed by atoms with Crippen molar-refractivity contribution in [3.63, 3.8) is 0 Å². The van der Waals surface area contributed by atoms with Crippen molar-refractivity contribution in [3.8, 4) is 0 Å². The molecule has 3 atom stereocenters. The van der Waals surface area contributed by atoms with Crippen LogP contribution in [0.25, 0.3) is 0 Å². The highest BCUT2D eigenvalue weighted by atomic mass is 79.9. The lowest BCUT2D eigenvalue weighted by Crippen LogP contribution is -2.81. The van der Waals surface area contributed by atoms with Gasteiger partial charge >= 0.3 is 0 Å². The molecule has 4 nitrogen and oxygen atoms in total. The van der Waals surface area contributed by atoms with Crippen LogP contribution in [0, 0.1) is 18.3 Å². The van der Waals surface area contributed by atoms with Gasteiger partial charge < -0.3 is 15.8 Å². The van der Waals surface area contributed by atoms with Crippen LogP contribution in [-0.2, 0) is 9.53 Å². The van der Waals surface area contributed by atoms with E-state index in [4.69, 9.17) is 10.5 Å². The maximum absolute atomic E-state index is 12.9. The zero-order valence-electron chi connectivity index (χ0n) is 13.3. The van der Waals surface area contributed by atoms with Crippen molar-refractivity contribution in [2.75, 3.05) is 11.9 Å². The molecule has 3 unspecified atom stereocenters. The van der Waals surface area contributed by atoms with Crippen LogP contribution in [-0.4, -0.2) is 24.2 Å². The Morgan fingerprint density at radius 3 is 2.86 bits per heavy atom. The number of nitrogens with two attached hydrogens (primary N) is 1. The van der Waals surface area contributed by atoms with Crippen LogP contribution in [0.1, 0.15) is 32.3 Å². The average Bonchev–Trinajstić information content (AvgIpc) is 2.49. The van der Waals surface area contributed by atoms with E-state index in [2.05, 4.69) is 21.2 Å². The smallest absolute Gasteiger partial charge is 0.245 e. The Hall–Kier alpha value is -0.910. The molecule has 3 rings (SSSR count). The molecule has 1 heterocycles. The Kier molecular flexibility index (Phi) is 3.86. The molecular weight excluding hydrogens is 344 g/mol. The summed E-state index contributed by atoms with van der Waals surface area (Å²) in [5.41, 5.74) is 7.20. The number of hydrogen-bond donors (Lipinski definition) is 2. The van der Waals surface area contributed by atoms with Gasteiger partial charge in [-0.1, -0.05) is 29.8 Å². The zero-order valence-corrected chi connectivity index (χ0v) is 14.9. The third kappa shape index (κ3) is 2.14. The monoisotopic (exact) mass is 366 g/mol. The second-order valence-corrected chi connectivity index (χ2v) is 7.96. The molecule has 1 saturated heterocycles. The van der Waals surface area contributed by atoms with E-state index in [0.717, 1.165) is 35.2 Å². The Balaban J connectivity index is 1.84. The number of fused-ring (bicyclic) bond motifs is 1. The number of nitrogens with one attached hydrogen (secondary N) is 1. The average molecular weight is 367 g/mol. The van der Waals surface area contributed by atoms with Crippen LogP contribution in [0.4, 0.5) is 5.69 Å². The minimum absolute atomic E-state index is 0.0861. The molecule has 22 heavy (non-hydrogen) atoms. The standard InChI is InChI=1S/C17H23BrN2O2/c1-10-9-11(18)6-7-13(10)20-15(21)17(19)12-5-4-8-22-14(12)16(17,2)3/h6-7,9,12,14H,4-5,8,19H2,1-3H3,(H,20,21). The van der Waals surface area contributed by atoms with Crippen molar-refractivity contribution < 1.29 is 9.53 Å². The van der Waals surface area contributed by atoms with Crippen LogP contribution < -0.4 is 11.1 Å². The maximum atomic E-state index is 12.9. The summed E-state index contributed by atoms with van der Waals surface area (Å²) in [7, 11) is 0. The molecule has 1 aliphatic heterocycles. The van der Waals surface area contributed by atoms with E-state index in [0.29, 0.717) is 0 Å². The number of aryl methyl sites for hydroxylation is 1. The quantitative estimate of drug-likeness (QED) is 0.844. The molecule has 1 aliphatic carbocycles. The summed E-state index contributed by atoms with van der Waals surface area (Å²) >= 11 is 3.44. The van der Waals surface area contributed by atoms with Gasteiger partial charge in [0.1, 0.15) is 5.54 Å². The van der Waals surface area contributed by atoms with E-state index in [1.807, 2.05) is 39.0 Å². The molecule has 0 bridgehead atoms. The first kappa shape index (κ1) is 16.0. The van der Waals surface area contributed by atoms with E-state index in [9.17, 15) is 4.79 Å². The highest BCUT2D eigenvalue weighted by Gasteiger charge is 2.70. The Morgan fingerprint density at radius 2 is 2.18 bits per heavy atom. The highest BCUT2D eigenvalue weighted by Crippen LogP contribution is 2.57. The number of anilines is 1. The second-order valence-electron chi connectivity index (χ2n) is 7.04. The fourth-order valence-electron chi connectivity index (χ4n) is 4.03. The van der Waals surface area contributed by atoms with Gasteiger partial charge in [-0.2, -0.15) is 0 Å². The second kappa shape index (κ2) is 5.32. The number of ether oxygens (including phenoxy) is 1. The fourth-order valence-corrected chi connectivity index (χ4v) is 4.51. The van der Waals surface area contributed by atoms with Crippen molar-refractivity contribution in [3.05, 3.63) is 28.2 Å². The van der Waals surface area contributed by atoms with Gasteiger partial charge in [-0.15, -0.1) is 0 Å². The third-order valence-electron chi connectivity index (χ3n) is 5.50. The number of benzene rings is 1. The molecule has 120 valence electrons. The van der Waals surface area contributed by atoms with Crippen LogP contribution in [0.2, 0.25) is 0 Å². The number of halogens is 1. The van der Waals surface area contributed by atoms with Crippen molar-refractivity contribution in [1.82, 2.24) is 0 Å². The van der Waals surface area contributed by atoms with Gasteiger partial charge in [-0.25, -0.2) is 0 Å². The van der Waals surface area contributed by atoms with Crippen LogP contribution >= 0.6 is 15.9 Å². The van der Waals surface area contributed by atoms with Gasteiger partial charge in [0.2, 0.25) is 5.91 Å². The topological polar surface area (TPSA) is 64.4 Å². The van der Waals surface area contributed by atoms with Gasteiger partial charge in [0.25, 0.3) is 0 Å². The number of amides is 1. The minimum atomic E-state index is -0.877. The molecular formula is C17H23BrN2O2. The molecule has 2 aliphatic rings. The van der Waals surface area contributed by atoms with Crippen molar-refractivity contribution >= 4 is 27.5 Å². The fraction of sp³-hybridized carbons (Fsp3) is 0.588. The van der Waals surface area contributed by atoms with Gasteiger partial charge in [0.05, 0.1) is 6.10 Å². The molecule has 2 fully saturated rings. The SMILES string of the molecule is Cc1cc(Br)ccc1NC(=O)C1(N)C2CCCOC2C1(C)C. The Morgan fingerprint density at radius 1 is 1.45 bits per heavy atom. The predicted octanol–water partition coefficient (Wildman–Crippen LogP) is 3.23. The lowest BCUT2D eigenvalue weighted by molar-refractivity contribution is -0.222. The molecule has 3 N–H and O–H groups in total. The van der Waals surface area contributed by atoms with E-state index in [-0.39, 0.29) is 23.3 Å². The zero-order chi connectivity index (χ0) is 16.1. The predicted molar refractivity (Wildman–Crippen MR) is 90.7 cm³/mol. The van der Waals surface area contributed by atoms with Crippen LogP contribution in [0.5, 0.6) is 0 Å². The summed E-state index contributed by atoms with van der Waals surface area (Å²) in [5.74, 6) is 0.00155. The van der Waals surface area contributed by atoms with E-state index < -0.39 is 5.54 Å². The van der Waals surface area contributed by atoms with E-state index in [1.165, 1.54) is 0 Å². The first-order valence-corrected chi connectivity index (χ1v) is 8.56. The van der Waals surface area contributed by atoms with E-state index >= 15 is 0 Å². The van der Waals surface area contributed by atoms with Crippen molar-refractivity contribution in [2.45, 2.75) is 45.3 Å². The Labute approximate surface area is 139 Å². The number of hydrogen-bond acceptors (Lipinski definition) is 3. The number of rotatable bonds is 2. The summed E-state index contributed by atoms with van der Waals surface area (Å²) in [4.78, 5) is 12.9. The first-order valence-electron chi connectivity index (χ1n) is 7.76. The molecule has 0 radical (unpaired) electrons. The molecule has 5 heteroatoms.